The molecule has 0 saturated heterocycles. The van der Waals surface area contributed by atoms with E-state index >= 15 is 0 Å². The number of hydrogen-bond acceptors (Lipinski definition) is 2. The van der Waals surface area contributed by atoms with Crippen LogP contribution in [0.25, 0.3) is 0 Å². The van der Waals surface area contributed by atoms with Gasteiger partial charge >= 0.3 is 0 Å². The molecule has 2 rings (SSSR count). The molecule has 0 amide bonds. The smallest absolute Gasteiger partial charge is 0.0677 e. The molecule has 1 aliphatic carbocycles. The molecule has 17 heavy (non-hydrogen) atoms. The molecule has 0 aromatic heterocycles. The van der Waals surface area contributed by atoms with Crippen LogP contribution < -0.4 is 5.32 Å². The lowest BCUT2D eigenvalue weighted by Gasteiger charge is -2.28. The van der Waals surface area contributed by atoms with E-state index in [0.717, 1.165) is 35.5 Å². The van der Waals surface area contributed by atoms with Crippen molar-refractivity contribution in [2.24, 2.45) is 5.92 Å². The van der Waals surface area contributed by atoms with Gasteiger partial charge in [0.1, 0.15) is 0 Å². The third kappa shape index (κ3) is 2.92. The molecule has 2 unspecified atom stereocenters. The third-order valence-corrected chi connectivity index (χ3v) is 3.71. The maximum Gasteiger partial charge on any atom is 0.0677 e. The van der Waals surface area contributed by atoms with Crippen LogP contribution in [-0.4, -0.2) is 6.04 Å². The first-order valence-corrected chi connectivity index (χ1v) is 6.51. The number of nitrogens with one attached hydrogen (secondary N) is 1. The van der Waals surface area contributed by atoms with Crippen molar-refractivity contribution in [3.63, 3.8) is 0 Å². The van der Waals surface area contributed by atoms with E-state index in [4.69, 9.17) is 16.9 Å². The number of anilines is 1. The van der Waals surface area contributed by atoms with Crippen molar-refractivity contribution in [1.82, 2.24) is 0 Å². The second kappa shape index (κ2) is 5.42. The van der Waals surface area contributed by atoms with Crippen molar-refractivity contribution < 1.29 is 0 Å². The van der Waals surface area contributed by atoms with Crippen LogP contribution in [0.3, 0.4) is 0 Å². The van der Waals surface area contributed by atoms with Gasteiger partial charge < -0.3 is 5.32 Å². The predicted molar refractivity (Wildman–Crippen MR) is 71.2 cm³/mol. The molecule has 0 bridgehead atoms. The maximum atomic E-state index is 9.13. The van der Waals surface area contributed by atoms with E-state index in [1.165, 1.54) is 6.42 Å². The van der Waals surface area contributed by atoms with Crippen molar-refractivity contribution in [2.75, 3.05) is 5.32 Å². The molecule has 0 aliphatic heterocycles. The van der Waals surface area contributed by atoms with Gasteiger partial charge in [0.2, 0.25) is 0 Å². The fourth-order valence-electron chi connectivity index (χ4n) is 2.40. The Kier molecular flexibility index (Phi) is 3.91. The van der Waals surface area contributed by atoms with Crippen molar-refractivity contribution in [3.05, 3.63) is 28.8 Å². The van der Waals surface area contributed by atoms with E-state index in [0.29, 0.717) is 0 Å². The van der Waals surface area contributed by atoms with Crippen LogP contribution in [0.4, 0.5) is 5.69 Å². The Balaban J connectivity index is 2.11. The van der Waals surface area contributed by atoms with Gasteiger partial charge in [-0.25, -0.2) is 0 Å². The van der Waals surface area contributed by atoms with Gasteiger partial charge in [-0.1, -0.05) is 30.5 Å². The highest BCUT2D eigenvalue weighted by molar-refractivity contribution is 6.33. The van der Waals surface area contributed by atoms with Crippen LogP contribution in [0.1, 0.15) is 31.2 Å². The number of hydrogen-bond donors (Lipinski definition) is 1. The Hall–Kier alpha value is -1.20. The lowest BCUT2D eigenvalue weighted by atomic mass is 9.85. The molecular formula is C14H17ClN2. The second-order valence-corrected chi connectivity index (χ2v) is 5.16. The van der Waals surface area contributed by atoms with Gasteiger partial charge in [-0.2, -0.15) is 5.26 Å². The summed E-state index contributed by atoms with van der Waals surface area (Å²) >= 11 is 6.19. The molecule has 0 heterocycles. The van der Waals surface area contributed by atoms with E-state index in [2.05, 4.69) is 11.4 Å². The molecule has 1 saturated carbocycles. The average Bonchev–Trinajstić information content (AvgIpc) is 2.33. The highest BCUT2D eigenvalue weighted by atomic mass is 35.5. The van der Waals surface area contributed by atoms with Crippen LogP contribution in [0, 0.1) is 24.2 Å². The lowest BCUT2D eigenvalue weighted by Crippen LogP contribution is -2.31. The Morgan fingerprint density at radius 2 is 2.12 bits per heavy atom. The summed E-state index contributed by atoms with van der Waals surface area (Å²) in [5.41, 5.74) is 2.10. The van der Waals surface area contributed by atoms with Crippen molar-refractivity contribution >= 4 is 17.3 Å². The zero-order chi connectivity index (χ0) is 12.3. The Bertz CT molecular complexity index is 436. The van der Waals surface area contributed by atoms with E-state index in [1.54, 1.807) is 0 Å². The zero-order valence-corrected chi connectivity index (χ0v) is 10.8. The number of nitrogens with zero attached hydrogens (tertiary/aromatic N) is 1. The number of nitriles is 1. The van der Waals surface area contributed by atoms with Crippen LogP contribution in [-0.2, 0) is 0 Å². The fraction of sp³-hybridized carbons (Fsp3) is 0.500. The summed E-state index contributed by atoms with van der Waals surface area (Å²) in [7, 11) is 0. The quantitative estimate of drug-likeness (QED) is 0.854. The summed E-state index contributed by atoms with van der Waals surface area (Å²) in [5.74, 6) is 0.112. The molecule has 1 aromatic carbocycles. The van der Waals surface area contributed by atoms with E-state index in [-0.39, 0.29) is 12.0 Å². The number of aryl methyl sites for hydroxylation is 1. The monoisotopic (exact) mass is 248 g/mol. The first-order valence-electron chi connectivity index (χ1n) is 6.13. The standard InChI is InChI=1S/C14H17ClN2/c1-10-6-7-14(12(15)8-10)17-13-5-3-2-4-11(13)9-16/h6-8,11,13,17H,2-5H2,1H3. The fourth-order valence-corrected chi connectivity index (χ4v) is 2.68. The van der Waals surface area contributed by atoms with Gasteiger partial charge in [0.05, 0.1) is 22.7 Å². The summed E-state index contributed by atoms with van der Waals surface area (Å²) in [6, 6.07) is 8.64. The Labute approximate surface area is 108 Å². The highest BCUT2D eigenvalue weighted by Crippen LogP contribution is 2.30. The minimum Gasteiger partial charge on any atom is -0.380 e. The molecule has 0 radical (unpaired) electrons. The first kappa shape index (κ1) is 12.3. The summed E-state index contributed by atoms with van der Waals surface area (Å²) < 4.78 is 0. The first-order chi connectivity index (χ1) is 8.20. The normalized spacial score (nSPS) is 24.1. The van der Waals surface area contributed by atoms with Gasteiger partial charge in [-0.15, -0.1) is 0 Å². The Morgan fingerprint density at radius 3 is 2.82 bits per heavy atom. The summed E-state index contributed by atoms with van der Waals surface area (Å²) in [6.07, 6.45) is 4.41. The average molecular weight is 249 g/mol. The molecule has 1 N–H and O–H groups in total. The molecule has 2 nitrogen and oxygen atoms in total. The lowest BCUT2D eigenvalue weighted by molar-refractivity contribution is 0.389. The molecule has 1 aliphatic rings. The zero-order valence-electron chi connectivity index (χ0n) is 10.0. The topological polar surface area (TPSA) is 35.8 Å². The molecule has 0 spiro atoms. The van der Waals surface area contributed by atoms with Crippen LogP contribution >= 0.6 is 11.6 Å². The molecule has 2 atom stereocenters. The van der Waals surface area contributed by atoms with Crippen LogP contribution in [0.5, 0.6) is 0 Å². The predicted octanol–water partition coefficient (Wildman–Crippen LogP) is 4.14. The summed E-state index contributed by atoms with van der Waals surface area (Å²) in [5, 5.41) is 13.3. The Morgan fingerprint density at radius 1 is 1.35 bits per heavy atom. The molecule has 90 valence electrons. The van der Waals surface area contributed by atoms with Gasteiger partial charge in [-0.05, 0) is 37.5 Å². The van der Waals surface area contributed by atoms with Gasteiger partial charge in [0, 0.05) is 6.04 Å². The third-order valence-electron chi connectivity index (χ3n) is 3.40. The largest absolute Gasteiger partial charge is 0.380 e. The van der Waals surface area contributed by atoms with Crippen LogP contribution in [0.15, 0.2) is 18.2 Å². The van der Waals surface area contributed by atoms with Crippen molar-refractivity contribution in [1.29, 1.82) is 5.26 Å². The van der Waals surface area contributed by atoms with Gasteiger partial charge in [-0.3, -0.25) is 0 Å². The number of benzene rings is 1. The summed E-state index contributed by atoms with van der Waals surface area (Å²) in [6.45, 7) is 2.02. The van der Waals surface area contributed by atoms with Gasteiger partial charge in [0.25, 0.3) is 0 Å². The highest BCUT2D eigenvalue weighted by Gasteiger charge is 2.25. The molecule has 1 fully saturated rings. The number of rotatable bonds is 2. The van der Waals surface area contributed by atoms with Gasteiger partial charge in [0.15, 0.2) is 0 Å². The van der Waals surface area contributed by atoms with E-state index in [1.807, 2.05) is 25.1 Å². The maximum absolute atomic E-state index is 9.13. The minimum absolute atomic E-state index is 0.112. The second-order valence-electron chi connectivity index (χ2n) is 4.75. The molecular weight excluding hydrogens is 232 g/mol. The minimum atomic E-state index is 0.112. The molecule has 3 heteroatoms. The number of halogens is 1. The summed E-state index contributed by atoms with van der Waals surface area (Å²) in [4.78, 5) is 0. The van der Waals surface area contributed by atoms with Crippen molar-refractivity contribution in [2.45, 2.75) is 38.6 Å². The van der Waals surface area contributed by atoms with Crippen LogP contribution in [0.2, 0.25) is 5.02 Å². The molecule has 1 aromatic rings. The van der Waals surface area contributed by atoms with E-state index in [9.17, 15) is 0 Å². The SMILES string of the molecule is Cc1ccc(NC2CCCCC2C#N)c(Cl)c1. The van der Waals surface area contributed by atoms with E-state index < -0.39 is 0 Å². The van der Waals surface area contributed by atoms with Crippen molar-refractivity contribution in [3.8, 4) is 6.07 Å².